The van der Waals surface area contributed by atoms with Crippen LogP contribution in [0.1, 0.15) is 38.9 Å². The predicted octanol–water partition coefficient (Wildman–Crippen LogP) is 5.44. The highest BCUT2D eigenvalue weighted by atomic mass is 35.5. The summed E-state index contributed by atoms with van der Waals surface area (Å²) in [4.78, 5) is 31.0. The average Bonchev–Trinajstić information content (AvgIpc) is 3.15. The highest BCUT2D eigenvalue weighted by Gasteiger charge is 2.42. The maximum absolute atomic E-state index is 13.8. The van der Waals surface area contributed by atoms with Crippen molar-refractivity contribution < 1.29 is 13.9 Å². The van der Waals surface area contributed by atoms with Crippen LogP contribution in [0.4, 0.5) is 0 Å². The lowest BCUT2D eigenvalue weighted by atomic mass is 9.98. The molecule has 0 saturated heterocycles. The van der Waals surface area contributed by atoms with Gasteiger partial charge in [0.2, 0.25) is 5.76 Å². The van der Waals surface area contributed by atoms with E-state index in [1.165, 1.54) is 0 Å². The van der Waals surface area contributed by atoms with Gasteiger partial charge in [0.05, 0.1) is 17.0 Å². The number of amides is 1. The molecule has 0 bridgehead atoms. The smallest absolute Gasteiger partial charge is 0.290 e. The zero-order valence-electron chi connectivity index (χ0n) is 20.5. The van der Waals surface area contributed by atoms with Gasteiger partial charge in [0.1, 0.15) is 17.9 Å². The van der Waals surface area contributed by atoms with Gasteiger partial charge in [0, 0.05) is 18.1 Å². The molecule has 36 heavy (non-hydrogen) atoms. The van der Waals surface area contributed by atoms with E-state index in [4.69, 9.17) is 20.8 Å². The second kappa shape index (κ2) is 9.80. The molecular formula is C29H27ClN2O4. The van der Waals surface area contributed by atoms with Crippen LogP contribution < -0.4 is 10.2 Å². The van der Waals surface area contributed by atoms with Gasteiger partial charge in [0.25, 0.3) is 5.91 Å². The quantitative estimate of drug-likeness (QED) is 0.337. The number of benzene rings is 3. The van der Waals surface area contributed by atoms with E-state index in [0.29, 0.717) is 47.0 Å². The zero-order valence-corrected chi connectivity index (χ0v) is 21.2. The second-order valence-electron chi connectivity index (χ2n) is 9.32. The van der Waals surface area contributed by atoms with Crippen LogP contribution in [0.2, 0.25) is 5.02 Å². The summed E-state index contributed by atoms with van der Waals surface area (Å²) in [6, 6.07) is 20.2. The van der Waals surface area contributed by atoms with Crippen molar-refractivity contribution in [2.75, 3.05) is 27.2 Å². The number of fused-ring (bicyclic) bond motifs is 2. The number of likely N-dealkylation sites (N-methyl/N-ethyl adjacent to an activating group) is 1. The Morgan fingerprint density at radius 3 is 2.56 bits per heavy atom. The van der Waals surface area contributed by atoms with E-state index in [0.717, 1.165) is 16.7 Å². The van der Waals surface area contributed by atoms with Crippen molar-refractivity contribution >= 4 is 28.5 Å². The molecule has 5 rings (SSSR count). The fourth-order valence-electron chi connectivity index (χ4n) is 4.54. The molecule has 1 unspecified atom stereocenters. The molecule has 1 atom stereocenters. The second-order valence-corrected chi connectivity index (χ2v) is 9.73. The molecule has 0 aliphatic carbocycles. The molecule has 1 amide bonds. The molecule has 6 nitrogen and oxygen atoms in total. The molecule has 2 heterocycles. The maximum atomic E-state index is 13.8. The first kappa shape index (κ1) is 24.1. The summed E-state index contributed by atoms with van der Waals surface area (Å²) in [5, 5.41) is 0.851. The summed E-state index contributed by atoms with van der Waals surface area (Å²) >= 11 is 6.33. The molecule has 0 saturated carbocycles. The van der Waals surface area contributed by atoms with Crippen LogP contribution in [0, 0.1) is 6.92 Å². The standard InChI is InChI=1S/C29H27ClN2O4/c1-18-14-24-22(16-23(18)30)27(33)25-26(32(13-12-31(2)3)29(34)28(25)36-24)20-10-7-11-21(15-20)35-17-19-8-5-4-6-9-19/h4-11,14-16,26H,12-13,17H2,1-3H3. The van der Waals surface area contributed by atoms with Crippen LogP contribution in [-0.4, -0.2) is 42.9 Å². The summed E-state index contributed by atoms with van der Waals surface area (Å²) in [6.07, 6.45) is 0. The zero-order chi connectivity index (χ0) is 25.4. The molecule has 7 heteroatoms. The number of hydrogen-bond acceptors (Lipinski definition) is 5. The van der Waals surface area contributed by atoms with Gasteiger partial charge in [-0.05, 0) is 62.0 Å². The van der Waals surface area contributed by atoms with Crippen molar-refractivity contribution in [3.63, 3.8) is 0 Å². The minimum atomic E-state index is -0.589. The Kier molecular flexibility index (Phi) is 6.56. The van der Waals surface area contributed by atoms with Crippen LogP contribution in [0.25, 0.3) is 11.0 Å². The SMILES string of the molecule is Cc1cc2oc3c(c(=O)c2cc1Cl)C(c1cccc(OCc2ccccc2)c1)N(CCN(C)C)C3=O. The Bertz CT molecular complexity index is 1500. The normalized spacial score (nSPS) is 15.1. The van der Waals surface area contributed by atoms with Gasteiger partial charge in [-0.15, -0.1) is 0 Å². The summed E-state index contributed by atoms with van der Waals surface area (Å²) < 4.78 is 12.1. The first-order chi connectivity index (χ1) is 17.3. The molecule has 4 aromatic rings. The van der Waals surface area contributed by atoms with Crippen LogP contribution >= 0.6 is 11.6 Å². The van der Waals surface area contributed by atoms with Crippen molar-refractivity contribution in [1.82, 2.24) is 9.80 Å². The molecule has 0 spiro atoms. The Morgan fingerprint density at radius 1 is 1.03 bits per heavy atom. The van der Waals surface area contributed by atoms with Gasteiger partial charge in [-0.25, -0.2) is 0 Å². The summed E-state index contributed by atoms with van der Waals surface area (Å²) in [7, 11) is 3.90. The first-order valence-corrected chi connectivity index (χ1v) is 12.2. The Labute approximate surface area is 214 Å². The lowest BCUT2D eigenvalue weighted by Crippen LogP contribution is -2.35. The Balaban J connectivity index is 1.59. The van der Waals surface area contributed by atoms with E-state index in [-0.39, 0.29) is 17.1 Å². The van der Waals surface area contributed by atoms with Gasteiger partial charge >= 0.3 is 0 Å². The molecule has 3 aromatic carbocycles. The largest absolute Gasteiger partial charge is 0.489 e. The van der Waals surface area contributed by atoms with Crippen molar-refractivity contribution in [3.05, 3.63) is 110 Å². The number of aryl methyl sites for hydroxylation is 1. The predicted molar refractivity (Wildman–Crippen MR) is 141 cm³/mol. The third-order valence-electron chi connectivity index (χ3n) is 6.46. The van der Waals surface area contributed by atoms with Crippen molar-refractivity contribution in [1.29, 1.82) is 0 Å². The number of ether oxygens (including phenoxy) is 1. The first-order valence-electron chi connectivity index (χ1n) is 11.8. The fraction of sp³-hybridized carbons (Fsp3) is 0.241. The van der Waals surface area contributed by atoms with E-state index in [1.54, 1.807) is 17.0 Å². The average molecular weight is 503 g/mol. The van der Waals surface area contributed by atoms with Gasteiger partial charge in [-0.1, -0.05) is 54.1 Å². The number of carbonyl (C=O) groups is 1. The third-order valence-corrected chi connectivity index (χ3v) is 6.86. The molecule has 1 aromatic heterocycles. The highest BCUT2D eigenvalue weighted by molar-refractivity contribution is 6.32. The van der Waals surface area contributed by atoms with E-state index in [9.17, 15) is 9.59 Å². The lowest BCUT2D eigenvalue weighted by molar-refractivity contribution is 0.0716. The van der Waals surface area contributed by atoms with Crippen molar-refractivity contribution in [3.8, 4) is 5.75 Å². The Hall–Kier alpha value is -3.61. The van der Waals surface area contributed by atoms with Crippen molar-refractivity contribution in [2.45, 2.75) is 19.6 Å². The lowest BCUT2D eigenvalue weighted by Gasteiger charge is -2.26. The van der Waals surface area contributed by atoms with Crippen LogP contribution in [0.5, 0.6) is 5.75 Å². The third kappa shape index (κ3) is 4.50. The number of hydrogen-bond donors (Lipinski definition) is 0. The van der Waals surface area contributed by atoms with Gasteiger partial charge in [0.15, 0.2) is 5.43 Å². The topological polar surface area (TPSA) is 63.0 Å². The molecule has 0 N–H and O–H groups in total. The number of halogens is 1. The minimum Gasteiger partial charge on any atom is -0.489 e. The Morgan fingerprint density at radius 2 is 1.81 bits per heavy atom. The number of carbonyl (C=O) groups excluding carboxylic acids is 1. The van der Waals surface area contributed by atoms with E-state index < -0.39 is 6.04 Å². The van der Waals surface area contributed by atoms with E-state index >= 15 is 0 Å². The highest BCUT2D eigenvalue weighted by Crippen LogP contribution is 2.39. The maximum Gasteiger partial charge on any atom is 0.290 e. The minimum absolute atomic E-state index is 0.0913. The monoisotopic (exact) mass is 502 g/mol. The number of nitrogens with zero attached hydrogens (tertiary/aromatic N) is 2. The molecule has 1 aliphatic heterocycles. The molecule has 0 fully saturated rings. The van der Waals surface area contributed by atoms with Crippen LogP contribution in [0.15, 0.2) is 75.9 Å². The van der Waals surface area contributed by atoms with E-state index in [2.05, 4.69) is 0 Å². The van der Waals surface area contributed by atoms with Gasteiger partial charge in [-0.2, -0.15) is 0 Å². The summed E-state index contributed by atoms with van der Waals surface area (Å²) in [6.45, 7) is 3.33. The molecule has 0 radical (unpaired) electrons. The fourth-order valence-corrected chi connectivity index (χ4v) is 4.70. The van der Waals surface area contributed by atoms with Gasteiger partial charge < -0.3 is 19.0 Å². The van der Waals surface area contributed by atoms with Crippen molar-refractivity contribution in [2.24, 2.45) is 0 Å². The van der Waals surface area contributed by atoms with Gasteiger partial charge in [-0.3, -0.25) is 9.59 Å². The molecule has 184 valence electrons. The summed E-state index contributed by atoms with van der Waals surface area (Å²) in [5.74, 6) is 0.460. The molecule has 1 aliphatic rings. The molecular weight excluding hydrogens is 476 g/mol. The summed E-state index contributed by atoms with van der Waals surface area (Å²) in [5.41, 5.74) is 3.08. The van der Waals surface area contributed by atoms with Crippen LogP contribution in [-0.2, 0) is 6.61 Å². The number of rotatable bonds is 7. The van der Waals surface area contributed by atoms with E-state index in [1.807, 2.05) is 80.5 Å². The van der Waals surface area contributed by atoms with Crippen LogP contribution in [0.3, 0.4) is 0 Å².